The lowest BCUT2D eigenvalue weighted by Gasteiger charge is -2.34. The van der Waals surface area contributed by atoms with E-state index in [0.717, 1.165) is 0 Å². The third kappa shape index (κ3) is 4.85. The number of amides is 4. The van der Waals surface area contributed by atoms with Crippen molar-refractivity contribution in [3.8, 4) is 17.2 Å². The number of barbiturate groups is 1. The average molecular weight is 419 g/mol. The molecule has 0 radical (unpaired) electrons. The second-order valence-electron chi connectivity index (χ2n) is 6.14. The Morgan fingerprint density at radius 1 is 0.931 bits per heavy atom. The van der Waals surface area contributed by atoms with Gasteiger partial charge in [-0.2, -0.15) is 0 Å². The summed E-state index contributed by atoms with van der Waals surface area (Å²) in [7, 11) is 0. The van der Waals surface area contributed by atoms with Crippen molar-refractivity contribution >= 4 is 29.4 Å². The van der Waals surface area contributed by atoms with Crippen LogP contribution in [0.1, 0.15) is 13.3 Å². The van der Waals surface area contributed by atoms with Gasteiger partial charge in [-0.15, -0.1) is 0 Å². The van der Waals surface area contributed by atoms with Gasteiger partial charge in [-0.05, 0) is 49.4 Å². The number of urea groups is 1. The molecule has 29 heavy (non-hydrogen) atoms. The Bertz CT molecular complexity index is 895. The summed E-state index contributed by atoms with van der Waals surface area (Å²) in [5, 5.41) is 4.68. The normalized spacial score (nSPS) is 15.4. The van der Waals surface area contributed by atoms with Crippen LogP contribution in [0.2, 0.25) is 5.02 Å². The fraction of sp³-hybridized carbons (Fsp3) is 0.250. The molecule has 1 aliphatic heterocycles. The van der Waals surface area contributed by atoms with Gasteiger partial charge in [-0.25, -0.2) is 4.79 Å². The van der Waals surface area contributed by atoms with E-state index >= 15 is 0 Å². The summed E-state index contributed by atoms with van der Waals surface area (Å²) < 4.78 is 16.7. The number of benzene rings is 2. The minimum absolute atomic E-state index is 0.0629. The first-order valence-corrected chi connectivity index (χ1v) is 9.28. The van der Waals surface area contributed by atoms with Crippen LogP contribution < -0.4 is 20.1 Å². The molecular formula is C20H19ClN2O6. The molecule has 9 heteroatoms. The van der Waals surface area contributed by atoms with Crippen LogP contribution in [0.3, 0.4) is 0 Å². The van der Waals surface area contributed by atoms with Crippen molar-refractivity contribution in [2.24, 2.45) is 0 Å². The molecule has 4 amide bonds. The van der Waals surface area contributed by atoms with Gasteiger partial charge in [0, 0.05) is 18.1 Å². The fourth-order valence-corrected chi connectivity index (χ4v) is 2.90. The SMILES string of the molecule is CCOCCC1(Oc2ccc(Oc3cccc(Cl)c3)cc2)C(=O)NC(=O)NC1=O. The van der Waals surface area contributed by atoms with E-state index < -0.39 is 23.4 Å². The van der Waals surface area contributed by atoms with Crippen molar-refractivity contribution < 1.29 is 28.6 Å². The van der Waals surface area contributed by atoms with Crippen LogP contribution in [0.25, 0.3) is 0 Å². The molecule has 1 heterocycles. The summed E-state index contributed by atoms with van der Waals surface area (Å²) >= 11 is 5.94. The molecule has 0 atom stereocenters. The minimum Gasteiger partial charge on any atom is -0.467 e. The lowest BCUT2D eigenvalue weighted by molar-refractivity contribution is -0.153. The van der Waals surface area contributed by atoms with Crippen molar-refractivity contribution in [1.29, 1.82) is 0 Å². The molecule has 2 aromatic rings. The molecule has 0 aromatic heterocycles. The molecule has 1 saturated heterocycles. The zero-order valence-corrected chi connectivity index (χ0v) is 16.3. The number of nitrogens with one attached hydrogen (secondary N) is 2. The number of hydrogen-bond donors (Lipinski definition) is 2. The van der Waals surface area contributed by atoms with Gasteiger partial charge in [0.25, 0.3) is 17.4 Å². The molecule has 1 fully saturated rings. The predicted molar refractivity (Wildman–Crippen MR) is 104 cm³/mol. The number of halogens is 1. The van der Waals surface area contributed by atoms with E-state index in [1.807, 2.05) is 0 Å². The second kappa shape index (κ2) is 8.93. The maximum Gasteiger partial charge on any atom is 0.328 e. The van der Waals surface area contributed by atoms with E-state index in [1.165, 1.54) is 0 Å². The van der Waals surface area contributed by atoms with E-state index in [1.54, 1.807) is 55.5 Å². The lowest BCUT2D eigenvalue weighted by atomic mass is 9.95. The molecule has 2 N–H and O–H groups in total. The molecule has 1 aliphatic rings. The van der Waals surface area contributed by atoms with Crippen molar-refractivity contribution in [3.05, 3.63) is 53.6 Å². The first-order chi connectivity index (χ1) is 13.9. The maximum atomic E-state index is 12.5. The van der Waals surface area contributed by atoms with Crippen molar-refractivity contribution in [2.75, 3.05) is 13.2 Å². The van der Waals surface area contributed by atoms with Gasteiger partial charge in [0.1, 0.15) is 17.2 Å². The fourth-order valence-electron chi connectivity index (χ4n) is 2.72. The molecule has 3 rings (SSSR count). The van der Waals surface area contributed by atoms with Gasteiger partial charge in [-0.3, -0.25) is 20.2 Å². The monoisotopic (exact) mass is 418 g/mol. The highest BCUT2D eigenvalue weighted by Gasteiger charge is 2.52. The van der Waals surface area contributed by atoms with Gasteiger partial charge in [0.05, 0.1) is 6.61 Å². The van der Waals surface area contributed by atoms with Gasteiger partial charge >= 0.3 is 6.03 Å². The zero-order chi connectivity index (χ0) is 20.9. The Labute approximate surface area is 172 Å². The number of imide groups is 2. The summed E-state index contributed by atoms with van der Waals surface area (Å²) in [6.45, 7) is 2.30. The molecule has 152 valence electrons. The van der Waals surface area contributed by atoms with Crippen molar-refractivity contribution in [2.45, 2.75) is 18.9 Å². The van der Waals surface area contributed by atoms with Crippen LogP contribution in [-0.4, -0.2) is 36.7 Å². The number of carbonyl (C=O) groups is 3. The molecule has 0 saturated carbocycles. The number of ether oxygens (including phenoxy) is 3. The Morgan fingerprint density at radius 2 is 1.59 bits per heavy atom. The number of rotatable bonds is 8. The Hall–Kier alpha value is -3.10. The molecule has 0 spiro atoms. The van der Waals surface area contributed by atoms with Crippen LogP contribution in [-0.2, 0) is 14.3 Å². The first-order valence-electron chi connectivity index (χ1n) is 8.90. The summed E-state index contributed by atoms with van der Waals surface area (Å²) in [6, 6.07) is 12.4. The van der Waals surface area contributed by atoms with Crippen molar-refractivity contribution in [3.63, 3.8) is 0 Å². The highest BCUT2D eigenvalue weighted by atomic mass is 35.5. The van der Waals surface area contributed by atoms with Crippen LogP contribution in [0.4, 0.5) is 4.79 Å². The van der Waals surface area contributed by atoms with Crippen LogP contribution in [0, 0.1) is 0 Å². The standard InChI is InChI=1S/C20H19ClN2O6/c1-2-27-11-10-20(17(24)22-19(26)23-18(20)25)29-15-8-6-14(7-9-15)28-16-5-3-4-13(21)12-16/h3-9,12H,2,10-11H2,1H3,(H2,22,23,24,25,26). The molecule has 0 bridgehead atoms. The van der Waals surface area contributed by atoms with Crippen LogP contribution in [0.5, 0.6) is 17.2 Å². The third-order valence-corrected chi connectivity index (χ3v) is 4.37. The van der Waals surface area contributed by atoms with E-state index in [0.29, 0.717) is 23.1 Å². The van der Waals surface area contributed by atoms with E-state index in [4.69, 9.17) is 25.8 Å². The summed E-state index contributed by atoms with van der Waals surface area (Å²) in [6.07, 6.45) is -0.0629. The van der Waals surface area contributed by atoms with Crippen LogP contribution >= 0.6 is 11.6 Å². The van der Waals surface area contributed by atoms with Gasteiger partial charge < -0.3 is 14.2 Å². The number of carbonyl (C=O) groups excluding carboxylic acids is 3. The molecule has 2 aromatic carbocycles. The smallest absolute Gasteiger partial charge is 0.328 e. The summed E-state index contributed by atoms with van der Waals surface area (Å²) in [5.41, 5.74) is -1.92. The van der Waals surface area contributed by atoms with Gasteiger partial charge in [-0.1, -0.05) is 17.7 Å². The van der Waals surface area contributed by atoms with Crippen LogP contribution in [0.15, 0.2) is 48.5 Å². The maximum absolute atomic E-state index is 12.5. The zero-order valence-electron chi connectivity index (χ0n) is 15.6. The largest absolute Gasteiger partial charge is 0.467 e. The second-order valence-corrected chi connectivity index (χ2v) is 6.58. The van der Waals surface area contributed by atoms with Gasteiger partial charge in [0.2, 0.25) is 0 Å². The van der Waals surface area contributed by atoms with E-state index in [2.05, 4.69) is 10.6 Å². The quantitative estimate of drug-likeness (QED) is 0.504. The predicted octanol–water partition coefficient (Wildman–Crippen LogP) is 3.04. The highest BCUT2D eigenvalue weighted by Crippen LogP contribution is 2.29. The third-order valence-electron chi connectivity index (χ3n) is 4.14. The lowest BCUT2D eigenvalue weighted by Crippen LogP contribution is -2.69. The molecule has 8 nitrogen and oxygen atoms in total. The molecule has 0 unspecified atom stereocenters. The Morgan fingerprint density at radius 3 is 2.21 bits per heavy atom. The van der Waals surface area contributed by atoms with E-state index in [-0.39, 0.29) is 18.8 Å². The van der Waals surface area contributed by atoms with E-state index in [9.17, 15) is 14.4 Å². The minimum atomic E-state index is -1.92. The number of hydrogen-bond acceptors (Lipinski definition) is 6. The highest BCUT2D eigenvalue weighted by molar-refractivity contribution is 6.30. The average Bonchev–Trinajstić information content (AvgIpc) is 2.67. The summed E-state index contributed by atoms with van der Waals surface area (Å²) in [4.78, 5) is 36.3. The molecular weight excluding hydrogens is 400 g/mol. The van der Waals surface area contributed by atoms with Crippen molar-refractivity contribution in [1.82, 2.24) is 10.6 Å². The first kappa shape index (κ1) is 20.6. The van der Waals surface area contributed by atoms with Gasteiger partial charge in [0.15, 0.2) is 0 Å². The topological polar surface area (TPSA) is 103 Å². The Kier molecular flexibility index (Phi) is 6.36. The molecule has 0 aliphatic carbocycles. The summed E-state index contributed by atoms with van der Waals surface area (Å²) in [5.74, 6) is -0.366. The Balaban J connectivity index is 1.77.